The van der Waals surface area contributed by atoms with Crippen molar-refractivity contribution in [1.82, 2.24) is 0 Å². The second-order valence-corrected chi connectivity index (χ2v) is 1.77. The summed E-state index contributed by atoms with van der Waals surface area (Å²) < 4.78 is 0. The lowest BCUT2D eigenvalue weighted by Gasteiger charge is -1.93. The Morgan fingerprint density at radius 1 is 1.30 bits per heavy atom. The molecule has 0 heterocycles. The molecule has 0 unspecified atom stereocenters. The molecule has 1 rings (SSSR count). The molecule has 0 aromatic heterocycles. The number of oxime groups is 1. The number of hydrogen-bond acceptors (Lipinski definition) is 2. The number of benzene rings is 1. The van der Waals surface area contributed by atoms with Crippen molar-refractivity contribution in [3.05, 3.63) is 30.3 Å². The second-order valence-electron chi connectivity index (χ2n) is 1.77. The smallest absolute Gasteiger partial charge is 0.157 e. The lowest BCUT2D eigenvalue weighted by atomic mass is 10.3. The third kappa shape index (κ3) is 1.90. The SMILES string of the molecule is C/C=N\Oc1ccccc1. The van der Waals surface area contributed by atoms with Gasteiger partial charge in [-0.25, -0.2) is 0 Å². The maximum absolute atomic E-state index is 4.92. The third-order valence-electron chi connectivity index (χ3n) is 1.01. The molecule has 0 saturated carbocycles. The molecule has 1 aromatic rings. The first-order valence-electron chi connectivity index (χ1n) is 3.13. The molecule has 0 N–H and O–H groups in total. The average molecular weight is 135 g/mol. The molecule has 0 fully saturated rings. The highest BCUT2D eigenvalue weighted by Crippen LogP contribution is 2.07. The highest BCUT2D eigenvalue weighted by atomic mass is 16.6. The molecule has 2 heteroatoms. The van der Waals surface area contributed by atoms with Crippen LogP contribution in [0.25, 0.3) is 0 Å². The van der Waals surface area contributed by atoms with E-state index >= 15 is 0 Å². The minimum Gasteiger partial charge on any atom is -0.357 e. The summed E-state index contributed by atoms with van der Waals surface area (Å²) in [4.78, 5) is 4.92. The zero-order valence-electron chi connectivity index (χ0n) is 5.82. The van der Waals surface area contributed by atoms with Crippen molar-refractivity contribution in [2.75, 3.05) is 0 Å². The van der Waals surface area contributed by atoms with Crippen molar-refractivity contribution in [2.24, 2.45) is 5.16 Å². The van der Waals surface area contributed by atoms with E-state index in [1.165, 1.54) is 0 Å². The van der Waals surface area contributed by atoms with Gasteiger partial charge in [0, 0.05) is 6.21 Å². The Morgan fingerprint density at radius 3 is 2.60 bits per heavy atom. The number of para-hydroxylation sites is 1. The molecule has 1 aromatic carbocycles. The van der Waals surface area contributed by atoms with Crippen LogP contribution in [0.2, 0.25) is 0 Å². The summed E-state index contributed by atoms with van der Waals surface area (Å²) in [5.74, 6) is 0.764. The first kappa shape index (κ1) is 6.81. The van der Waals surface area contributed by atoms with E-state index in [4.69, 9.17) is 4.84 Å². The van der Waals surface area contributed by atoms with Crippen LogP contribution in [-0.2, 0) is 0 Å². The monoisotopic (exact) mass is 135 g/mol. The van der Waals surface area contributed by atoms with E-state index in [0.29, 0.717) is 0 Å². The highest BCUT2D eigenvalue weighted by Gasteiger charge is 1.84. The molecule has 0 radical (unpaired) electrons. The lowest BCUT2D eigenvalue weighted by Crippen LogP contribution is -1.80. The van der Waals surface area contributed by atoms with Crippen LogP contribution in [0.5, 0.6) is 5.75 Å². The topological polar surface area (TPSA) is 21.6 Å². The predicted molar refractivity (Wildman–Crippen MR) is 41.2 cm³/mol. The first-order chi connectivity index (χ1) is 4.93. The Balaban J connectivity index is 2.59. The van der Waals surface area contributed by atoms with Gasteiger partial charge in [0.05, 0.1) is 0 Å². The Hall–Kier alpha value is -1.31. The molecule has 0 saturated heterocycles. The largest absolute Gasteiger partial charge is 0.357 e. The van der Waals surface area contributed by atoms with Gasteiger partial charge in [0.2, 0.25) is 0 Å². The van der Waals surface area contributed by atoms with Gasteiger partial charge in [0.25, 0.3) is 0 Å². The molecule has 0 aliphatic rings. The Labute approximate surface area is 60.1 Å². The van der Waals surface area contributed by atoms with Crippen LogP contribution in [0.15, 0.2) is 35.5 Å². The lowest BCUT2D eigenvalue weighted by molar-refractivity contribution is 0.343. The van der Waals surface area contributed by atoms with Crippen molar-refractivity contribution in [1.29, 1.82) is 0 Å². The molecule has 2 nitrogen and oxygen atoms in total. The molecule has 0 aliphatic heterocycles. The summed E-state index contributed by atoms with van der Waals surface area (Å²) in [6, 6.07) is 9.45. The van der Waals surface area contributed by atoms with Gasteiger partial charge in [-0.15, -0.1) is 0 Å². The van der Waals surface area contributed by atoms with E-state index in [-0.39, 0.29) is 0 Å². The molecule has 0 spiro atoms. The Kier molecular flexibility index (Phi) is 2.49. The summed E-state index contributed by atoms with van der Waals surface area (Å²) in [5, 5.41) is 3.62. The van der Waals surface area contributed by atoms with E-state index in [0.717, 1.165) is 5.75 Å². The van der Waals surface area contributed by atoms with Gasteiger partial charge in [-0.1, -0.05) is 23.4 Å². The van der Waals surface area contributed by atoms with Gasteiger partial charge >= 0.3 is 0 Å². The van der Waals surface area contributed by atoms with Gasteiger partial charge in [-0.3, -0.25) is 0 Å². The Bertz CT molecular complexity index is 206. The van der Waals surface area contributed by atoms with Gasteiger partial charge in [-0.2, -0.15) is 0 Å². The van der Waals surface area contributed by atoms with Crippen molar-refractivity contribution in [2.45, 2.75) is 6.92 Å². The molecule has 10 heavy (non-hydrogen) atoms. The van der Waals surface area contributed by atoms with Gasteiger partial charge < -0.3 is 4.84 Å². The predicted octanol–water partition coefficient (Wildman–Crippen LogP) is 2.07. The molecule has 0 aliphatic carbocycles. The summed E-state index contributed by atoms with van der Waals surface area (Å²) in [6.45, 7) is 1.81. The van der Waals surface area contributed by atoms with E-state index < -0.39 is 0 Å². The van der Waals surface area contributed by atoms with Crippen molar-refractivity contribution >= 4 is 6.21 Å². The van der Waals surface area contributed by atoms with Gasteiger partial charge in [0.15, 0.2) is 5.75 Å². The summed E-state index contributed by atoms with van der Waals surface area (Å²) in [7, 11) is 0. The summed E-state index contributed by atoms with van der Waals surface area (Å²) in [5.41, 5.74) is 0. The highest BCUT2D eigenvalue weighted by molar-refractivity contribution is 5.52. The van der Waals surface area contributed by atoms with Crippen LogP contribution in [0.3, 0.4) is 0 Å². The van der Waals surface area contributed by atoms with Crippen LogP contribution in [0.1, 0.15) is 6.92 Å². The van der Waals surface area contributed by atoms with Crippen molar-refractivity contribution in [3.8, 4) is 5.75 Å². The molecular formula is C8H9NO. The Morgan fingerprint density at radius 2 is 2.00 bits per heavy atom. The fourth-order valence-electron chi connectivity index (χ4n) is 0.595. The van der Waals surface area contributed by atoms with Gasteiger partial charge in [-0.05, 0) is 19.1 Å². The molecule has 52 valence electrons. The van der Waals surface area contributed by atoms with Gasteiger partial charge in [0.1, 0.15) is 0 Å². The molecule has 0 amide bonds. The number of rotatable bonds is 2. The molecular weight excluding hydrogens is 126 g/mol. The minimum atomic E-state index is 0.764. The molecule has 0 atom stereocenters. The van der Waals surface area contributed by atoms with Crippen molar-refractivity contribution < 1.29 is 4.84 Å². The minimum absolute atomic E-state index is 0.764. The third-order valence-corrected chi connectivity index (χ3v) is 1.01. The van der Waals surface area contributed by atoms with E-state index in [1.54, 1.807) is 6.21 Å². The number of hydrogen-bond donors (Lipinski definition) is 0. The van der Waals surface area contributed by atoms with Crippen LogP contribution in [0, 0.1) is 0 Å². The van der Waals surface area contributed by atoms with E-state index in [9.17, 15) is 0 Å². The first-order valence-corrected chi connectivity index (χ1v) is 3.13. The maximum atomic E-state index is 4.92. The molecule has 0 bridgehead atoms. The van der Waals surface area contributed by atoms with Crippen LogP contribution in [-0.4, -0.2) is 6.21 Å². The second kappa shape index (κ2) is 3.67. The average Bonchev–Trinajstić information content (AvgIpc) is 2.03. The van der Waals surface area contributed by atoms with E-state index in [1.807, 2.05) is 37.3 Å². The number of nitrogens with zero attached hydrogens (tertiary/aromatic N) is 1. The van der Waals surface area contributed by atoms with E-state index in [2.05, 4.69) is 5.16 Å². The van der Waals surface area contributed by atoms with Crippen LogP contribution < -0.4 is 4.84 Å². The van der Waals surface area contributed by atoms with Crippen LogP contribution >= 0.6 is 0 Å². The zero-order chi connectivity index (χ0) is 7.23. The normalized spacial score (nSPS) is 10.1. The van der Waals surface area contributed by atoms with Crippen LogP contribution in [0.4, 0.5) is 0 Å². The summed E-state index contributed by atoms with van der Waals surface area (Å²) in [6.07, 6.45) is 1.60. The van der Waals surface area contributed by atoms with Crippen molar-refractivity contribution in [3.63, 3.8) is 0 Å². The maximum Gasteiger partial charge on any atom is 0.157 e. The fourth-order valence-corrected chi connectivity index (χ4v) is 0.595. The zero-order valence-corrected chi connectivity index (χ0v) is 5.82. The standard InChI is InChI=1S/C8H9NO/c1-2-9-10-8-6-4-3-5-7-8/h2-7H,1H3/b9-2-. The quantitative estimate of drug-likeness (QED) is 0.449. The summed E-state index contributed by atoms with van der Waals surface area (Å²) >= 11 is 0. The fraction of sp³-hybridized carbons (Fsp3) is 0.125.